The Hall–Kier alpha value is -1.26. The topological polar surface area (TPSA) is 64.3 Å². The highest BCUT2D eigenvalue weighted by atomic mass is 35.5. The van der Waals surface area contributed by atoms with Crippen molar-refractivity contribution in [2.75, 3.05) is 6.61 Å². The van der Waals surface area contributed by atoms with Crippen LogP contribution in [0.5, 0.6) is 5.75 Å². The van der Waals surface area contributed by atoms with Crippen LogP contribution in [0.2, 0.25) is 5.02 Å². The number of nitrogens with two attached hydrogens (primary N) is 1. The van der Waals surface area contributed by atoms with Gasteiger partial charge in [-0.2, -0.15) is 0 Å². The standard InChI is InChI=1S/C12H15ClN2O2/c1-7(12(14)16)15-6-9-5-10(13)4-8-2-3-17-11(8)9/h4-5,7,15H,2-3,6H2,1H3,(H2,14,16). The number of ether oxygens (including phenoxy) is 1. The molecule has 2 rings (SSSR count). The number of fused-ring (bicyclic) bond motifs is 1. The number of halogens is 1. The third kappa shape index (κ3) is 2.70. The molecule has 92 valence electrons. The van der Waals surface area contributed by atoms with Crippen LogP contribution in [0.3, 0.4) is 0 Å². The highest BCUT2D eigenvalue weighted by molar-refractivity contribution is 6.30. The average molecular weight is 255 g/mol. The molecule has 1 unspecified atom stereocenters. The second-order valence-corrected chi connectivity index (χ2v) is 4.59. The van der Waals surface area contributed by atoms with E-state index < -0.39 is 0 Å². The number of primary amides is 1. The van der Waals surface area contributed by atoms with Gasteiger partial charge in [-0.05, 0) is 24.6 Å². The Kier molecular flexibility index (Phi) is 3.54. The summed E-state index contributed by atoms with van der Waals surface area (Å²) in [7, 11) is 0. The average Bonchev–Trinajstić information content (AvgIpc) is 2.72. The predicted octanol–water partition coefficient (Wildman–Crippen LogP) is 1.24. The first-order valence-electron chi connectivity index (χ1n) is 5.54. The van der Waals surface area contributed by atoms with Crippen molar-refractivity contribution in [1.82, 2.24) is 5.32 Å². The van der Waals surface area contributed by atoms with Crippen molar-refractivity contribution in [2.45, 2.75) is 25.9 Å². The zero-order chi connectivity index (χ0) is 12.4. The molecule has 1 aliphatic rings. The molecule has 1 aromatic rings. The lowest BCUT2D eigenvalue weighted by Gasteiger charge is -2.13. The lowest BCUT2D eigenvalue weighted by Crippen LogP contribution is -2.38. The molecule has 0 saturated carbocycles. The number of benzene rings is 1. The maximum atomic E-state index is 10.9. The first kappa shape index (κ1) is 12.2. The molecule has 0 aromatic heterocycles. The first-order valence-corrected chi connectivity index (χ1v) is 5.92. The summed E-state index contributed by atoms with van der Waals surface area (Å²) < 4.78 is 5.56. The minimum absolute atomic E-state index is 0.369. The zero-order valence-electron chi connectivity index (χ0n) is 9.63. The predicted molar refractivity (Wildman–Crippen MR) is 66.1 cm³/mol. The van der Waals surface area contributed by atoms with Crippen molar-refractivity contribution in [3.63, 3.8) is 0 Å². The highest BCUT2D eigenvalue weighted by Gasteiger charge is 2.18. The van der Waals surface area contributed by atoms with Crippen LogP contribution in [0.1, 0.15) is 18.1 Å². The number of hydrogen-bond donors (Lipinski definition) is 2. The summed E-state index contributed by atoms with van der Waals surface area (Å²) >= 11 is 6.03. The molecule has 1 heterocycles. The van der Waals surface area contributed by atoms with Crippen LogP contribution in [-0.2, 0) is 17.8 Å². The quantitative estimate of drug-likeness (QED) is 0.850. The van der Waals surface area contributed by atoms with Gasteiger partial charge in [0.2, 0.25) is 5.91 Å². The number of carbonyl (C=O) groups excluding carboxylic acids is 1. The van der Waals surface area contributed by atoms with E-state index in [0.717, 1.165) is 23.3 Å². The molecule has 1 amide bonds. The van der Waals surface area contributed by atoms with Gasteiger partial charge in [-0.1, -0.05) is 11.6 Å². The van der Waals surface area contributed by atoms with Gasteiger partial charge in [0.15, 0.2) is 0 Å². The van der Waals surface area contributed by atoms with E-state index >= 15 is 0 Å². The van der Waals surface area contributed by atoms with Gasteiger partial charge in [0.05, 0.1) is 12.6 Å². The van der Waals surface area contributed by atoms with Crippen molar-refractivity contribution in [3.05, 3.63) is 28.3 Å². The number of carbonyl (C=O) groups is 1. The van der Waals surface area contributed by atoms with E-state index in [4.69, 9.17) is 22.1 Å². The number of amides is 1. The van der Waals surface area contributed by atoms with Crippen LogP contribution in [0.25, 0.3) is 0 Å². The number of hydrogen-bond acceptors (Lipinski definition) is 3. The molecular weight excluding hydrogens is 240 g/mol. The Morgan fingerprint density at radius 3 is 3.12 bits per heavy atom. The summed E-state index contributed by atoms with van der Waals surface area (Å²) in [6, 6.07) is 3.41. The van der Waals surface area contributed by atoms with Crippen molar-refractivity contribution in [2.24, 2.45) is 5.73 Å². The summed E-state index contributed by atoms with van der Waals surface area (Å²) in [5.74, 6) is 0.517. The normalized spacial score (nSPS) is 15.2. The molecule has 1 aliphatic heterocycles. The minimum Gasteiger partial charge on any atom is -0.493 e. The van der Waals surface area contributed by atoms with E-state index in [-0.39, 0.29) is 11.9 Å². The van der Waals surface area contributed by atoms with Gasteiger partial charge in [-0.15, -0.1) is 0 Å². The van der Waals surface area contributed by atoms with E-state index in [1.165, 1.54) is 0 Å². The van der Waals surface area contributed by atoms with E-state index in [1.807, 2.05) is 12.1 Å². The fourth-order valence-electron chi connectivity index (χ4n) is 1.84. The van der Waals surface area contributed by atoms with Crippen molar-refractivity contribution >= 4 is 17.5 Å². The van der Waals surface area contributed by atoms with Crippen LogP contribution >= 0.6 is 11.6 Å². The van der Waals surface area contributed by atoms with Crippen molar-refractivity contribution in [1.29, 1.82) is 0 Å². The summed E-state index contributed by atoms with van der Waals surface area (Å²) in [6.07, 6.45) is 0.883. The smallest absolute Gasteiger partial charge is 0.234 e. The van der Waals surface area contributed by atoms with Crippen molar-refractivity contribution in [3.8, 4) is 5.75 Å². The maximum Gasteiger partial charge on any atom is 0.234 e. The minimum atomic E-state index is -0.371. The molecule has 0 fully saturated rings. The Bertz CT molecular complexity index is 448. The fourth-order valence-corrected chi connectivity index (χ4v) is 2.10. The van der Waals surface area contributed by atoms with Gasteiger partial charge in [-0.25, -0.2) is 0 Å². The van der Waals surface area contributed by atoms with Gasteiger partial charge in [0.25, 0.3) is 0 Å². The molecular formula is C12H15ClN2O2. The van der Waals surface area contributed by atoms with E-state index in [1.54, 1.807) is 6.92 Å². The maximum absolute atomic E-state index is 10.9. The number of nitrogens with one attached hydrogen (secondary N) is 1. The molecule has 3 N–H and O–H groups in total. The first-order chi connectivity index (χ1) is 8.08. The molecule has 0 spiro atoms. The summed E-state index contributed by atoms with van der Waals surface area (Å²) in [5.41, 5.74) is 7.28. The Labute approximate surface area is 105 Å². The SMILES string of the molecule is CC(NCc1cc(Cl)cc2c1OCC2)C(N)=O. The van der Waals surface area contributed by atoms with Crippen molar-refractivity contribution < 1.29 is 9.53 Å². The molecule has 17 heavy (non-hydrogen) atoms. The fraction of sp³-hybridized carbons (Fsp3) is 0.417. The van der Waals surface area contributed by atoms with E-state index in [9.17, 15) is 4.79 Å². The molecule has 5 heteroatoms. The van der Waals surface area contributed by atoms with Gasteiger partial charge in [0, 0.05) is 23.6 Å². The third-order valence-electron chi connectivity index (χ3n) is 2.85. The van der Waals surface area contributed by atoms with Crippen LogP contribution in [0.15, 0.2) is 12.1 Å². The monoisotopic (exact) mass is 254 g/mol. The van der Waals surface area contributed by atoms with Crippen LogP contribution < -0.4 is 15.8 Å². The lowest BCUT2D eigenvalue weighted by atomic mass is 10.1. The van der Waals surface area contributed by atoms with Gasteiger partial charge >= 0.3 is 0 Å². The Balaban J connectivity index is 2.13. The Morgan fingerprint density at radius 1 is 1.65 bits per heavy atom. The third-order valence-corrected chi connectivity index (χ3v) is 3.07. The zero-order valence-corrected chi connectivity index (χ0v) is 10.4. The molecule has 0 bridgehead atoms. The van der Waals surface area contributed by atoms with E-state index in [0.29, 0.717) is 18.2 Å². The van der Waals surface area contributed by atoms with E-state index in [2.05, 4.69) is 5.32 Å². The molecule has 0 saturated heterocycles. The van der Waals surface area contributed by atoms with Crippen LogP contribution in [-0.4, -0.2) is 18.6 Å². The summed E-state index contributed by atoms with van der Waals surface area (Å²) in [6.45, 7) is 2.94. The van der Waals surface area contributed by atoms with Gasteiger partial charge in [0.1, 0.15) is 5.75 Å². The second kappa shape index (κ2) is 4.94. The highest BCUT2D eigenvalue weighted by Crippen LogP contribution is 2.32. The van der Waals surface area contributed by atoms with Gasteiger partial charge < -0.3 is 15.8 Å². The molecule has 0 radical (unpaired) electrons. The lowest BCUT2D eigenvalue weighted by molar-refractivity contribution is -0.119. The molecule has 4 nitrogen and oxygen atoms in total. The molecule has 0 aliphatic carbocycles. The molecule has 1 atom stereocenters. The Morgan fingerprint density at radius 2 is 2.41 bits per heavy atom. The summed E-state index contributed by atoms with van der Waals surface area (Å²) in [4.78, 5) is 10.9. The van der Waals surface area contributed by atoms with Crippen LogP contribution in [0.4, 0.5) is 0 Å². The van der Waals surface area contributed by atoms with Crippen LogP contribution in [0, 0.1) is 0 Å². The molecule has 1 aromatic carbocycles. The number of rotatable bonds is 4. The summed E-state index contributed by atoms with van der Waals surface area (Å²) in [5, 5.41) is 3.73. The largest absolute Gasteiger partial charge is 0.493 e. The second-order valence-electron chi connectivity index (χ2n) is 4.16. The van der Waals surface area contributed by atoms with Gasteiger partial charge in [-0.3, -0.25) is 4.79 Å².